The summed E-state index contributed by atoms with van der Waals surface area (Å²) in [6.45, 7) is 2.19. The van der Waals surface area contributed by atoms with Crippen LogP contribution in [0.2, 0.25) is 5.02 Å². The molecule has 1 saturated heterocycles. The van der Waals surface area contributed by atoms with E-state index in [0.29, 0.717) is 12.5 Å². The van der Waals surface area contributed by atoms with Crippen molar-refractivity contribution in [2.45, 2.75) is 12.6 Å². The maximum Gasteiger partial charge on any atom is 0.417 e. The van der Waals surface area contributed by atoms with Gasteiger partial charge in [-0.1, -0.05) is 11.6 Å². The molecule has 0 radical (unpaired) electrons. The van der Waals surface area contributed by atoms with E-state index in [9.17, 15) is 13.2 Å². The smallest absolute Gasteiger partial charge is 0.417 e. The predicted octanol–water partition coefficient (Wildman–Crippen LogP) is 2.74. The fourth-order valence-corrected chi connectivity index (χ4v) is 1.96. The van der Waals surface area contributed by atoms with Crippen LogP contribution in [-0.4, -0.2) is 24.7 Å². The standard InChI is InChI=1S/C11H12ClF3N2O/c12-9-3-8(11(13,14)15)5-17-10(9)18-6-7-1-2-16-4-7/h3,5,7,16H,1-2,4,6H2/t7-/m0/s1. The first-order chi connectivity index (χ1) is 8.47. The van der Waals surface area contributed by atoms with Gasteiger partial charge in [0.1, 0.15) is 5.02 Å². The molecule has 3 nitrogen and oxygen atoms in total. The third kappa shape index (κ3) is 3.26. The number of halogens is 4. The molecule has 1 aromatic heterocycles. The molecule has 1 aromatic rings. The van der Waals surface area contributed by atoms with Crippen LogP contribution in [0.25, 0.3) is 0 Å². The Morgan fingerprint density at radius 3 is 2.83 bits per heavy atom. The minimum absolute atomic E-state index is 0.0524. The molecule has 0 aliphatic carbocycles. The van der Waals surface area contributed by atoms with Crippen LogP contribution in [0.3, 0.4) is 0 Å². The van der Waals surface area contributed by atoms with E-state index >= 15 is 0 Å². The van der Waals surface area contributed by atoms with Gasteiger partial charge in [0.15, 0.2) is 0 Å². The predicted molar refractivity (Wildman–Crippen MR) is 60.7 cm³/mol. The summed E-state index contributed by atoms with van der Waals surface area (Å²) in [4.78, 5) is 3.61. The average Bonchev–Trinajstić information content (AvgIpc) is 2.79. The monoisotopic (exact) mass is 280 g/mol. The third-order valence-electron chi connectivity index (χ3n) is 2.75. The number of nitrogens with zero attached hydrogens (tertiary/aromatic N) is 1. The Hall–Kier alpha value is -1.01. The number of pyridine rings is 1. The molecule has 7 heteroatoms. The van der Waals surface area contributed by atoms with Crippen molar-refractivity contribution in [2.75, 3.05) is 19.7 Å². The normalized spacial score (nSPS) is 20.1. The molecule has 18 heavy (non-hydrogen) atoms. The van der Waals surface area contributed by atoms with Crippen molar-refractivity contribution in [3.8, 4) is 5.88 Å². The first-order valence-corrected chi connectivity index (χ1v) is 5.91. The molecule has 1 N–H and O–H groups in total. The summed E-state index contributed by atoms with van der Waals surface area (Å²) >= 11 is 5.72. The number of hydrogen-bond donors (Lipinski definition) is 1. The van der Waals surface area contributed by atoms with Gasteiger partial charge >= 0.3 is 6.18 Å². The second kappa shape index (κ2) is 5.32. The molecule has 1 aliphatic heterocycles. The number of nitrogens with one attached hydrogen (secondary N) is 1. The topological polar surface area (TPSA) is 34.1 Å². The SMILES string of the molecule is FC(F)(F)c1cnc(OC[C@H]2CCNC2)c(Cl)c1. The summed E-state index contributed by atoms with van der Waals surface area (Å²) in [6.07, 6.45) is -2.73. The zero-order chi connectivity index (χ0) is 13.2. The van der Waals surface area contributed by atoms with Gasteiger partial charge in [0.05, 0.1) is 12.2 Å². The number of alkyl halides is 3. The molecule has 100 valence electrons. The third-order valence-corrected chi connectivity index (χ3v) is 3.02. The summed E-state index contributed by atoms with van der Waals surface area (Å²) in [5, 5.41) is 3.06. The van der Waals surface area contributed by atoms with Crippen molar-refractivity contribution in [3.05, 3.63) is 22.8 Å². The highest BCUT2D eigenvalue weighted by atomic mass is 35.5. The summed E-state index contributed by atoms with van der Waals surface area (Å²) < 4.78 is 42.5. The van der Waals surface area contributed by atoms with E-state index in [4.69, 9.17) is 16.3 Å². The minimum atomic E-state index is -4.44. The van der Waals surface area contributed by atoms with Crippen LogP contribution in [0.4, 0.5) is 13.2 Å². The molecule has 1 atom stereocenters. The maximum atomic E-state index is 12.4. The molecular formula is C11H12ClF3N2O. The van der Waals surface area contributed by atoms with Crippen molar-refractivity contribution in [1.29, 1.82) is 0 Å². The zero-order valence-electron chi connectivity index (χ0n) is 9.43. The molecule has 0 unspecified atom stereocenters. The Labute approximate surface area is 107 Å². The lowest BCUT2D eigenvalue weighted by atomic mass is 10.1. The van der Waals surface area contributed by atoms with Crippen molar-refractivity contribution < 1.29 is 17.9 Å². The van der Waals surface area contributed by atoms with E-state index in [0.717, 1.165) is 31.8 Å². The van der Waals surface area contributed by atoms with Gasteiger partial charge < -0.3 is 10.1 Å². The van der Waals surface area contributed by atoms with E-state index in [1.807, 2.05) is 0 Å². The maximum absolute atomic E-state index is 12.4. The van der Waals surface area contributed by atoms with E-state index in [2.05, 4.69) is 10.3 Å². The van der Waals surface area contributed by atoms with Crippen LogP contribution in [-0.2, 0) is 6.18 Å². The van der Waals surface area contributed by atoms with Crippen molar-refractivity contribution in [1.82, 2.24) is 10.3 Å². The van der Waals surface area contributed by atoms with Gasteiger partial charge in [-0.15, -0.1) is 0 Å². The highest BCUT2D eigenvalue weighted by Crippen LogP contribution is 2.33. The van der Waals surface area contributed by atoms with Gasteiger partial charge in [-0.25, -0.2) is 4.98 Å². The molecule has 2 rings (SSSR count). The highest BCUT2D eigenvalue weighted by molar-refractivity contribution is 6.31. The fraction of sp³-hybridized carbons (Fsp3) is 0.545. The van der Waals surface area contributed by atoms with Crippen LogP contribution in [0.15, 0.2) is 12.3 Å². The van der Waals surface area contributed by atoms with Gasteiger partial charge in [0, 0.05) is 18.7 Å². The quantitative estimate of drug-likeness (QED) is 0.924. The number of hydrogen-bond acceptors (Lipinski definition) is 3. The summed E-state index contributed by atoms with van der Waals surface area (Å²) in [5.41, 5.74) is -0.873. The van der Waals surface area contributed by atoms with Gasteiger partial charge in [-0.3, -0.25) is 0 Å². The summed E-state index contributed by atoms with van der Waals surface area (Å²) in [5.74, 6) is 0.404. The Morgan fingerprint density at radius 1 is 1.50 bits per heavy atom. The first-order valence-electron chi connectivity index (χ1n) is 5.53. The largest absolute Gasteiger partial charge is 0.476 e. The van der Waals surface area contributed by atoms with Gasteiger partial charge in [-0.2, -0.15) is 13.2 Å². The Morgan fingerprint density at radius 2 is 2.28 bits per heavy atom. The van der Waals surface area contributed by atoms with Crippen molar-refractivity contribution >= 4 is 11.6 Å². The Balaban J connectivity index is 2.01. The second-order valence-electron chi connectivity index (χ2n) is 4.18. The van der Waals surface area contributed by atoms with E-state index < -0.39 is 11.7 Å². The highest BCUT2D eigenvalue weighted by Gasteiger charge is 2.31. The van der Waals surface area contributed by atoms with Crippen LogP contribution in [0, 0.1) is 5.92 Å². The van der Waals surface area contributed by atoms with Gasteiger partial charge in [-0.05, 0) is 19.0 Å². The lowest BCUT2D eigenvalue weighted by Gasteiger charge is -2.12. The molecule has 0 saturated carbocycles. The zero-order valence-corrected chi connectivity index (χ0v) is 10.2. The minimum Gasteiger partial charge on any atom is -0.476 e. The van der Waals surface area contributed by atoms with Gasteiger partial charge in [0.25, 0.3) is 0 Å². The molecule has 0 aromatic carbocycles. The molecule has 0 amide bonds. The lowest BCUT2D eigenvalue weighted by Crippen LogP contribution is -2.16. The van der Waals surface area contributed by atoms with E-state index in [-0.39, 0.29) is 10.9 Å². The first kappa shape index (κ1) is 13.4. The molecule has 2 heterocycles. The number of rotatable bonds is 3. The van der Waals surface area contributed by atoms with Crippen molar-refractivity contribution in [3.63, 3.8) is 0 Å². The van der Waals surface area contributed by atoms with Crippen LogP contribution in [0.1, 0.15) is 12.0 Å². The molecular weight excluding hydrogens is 269 g/mol. The number of ether oxygens (including phenoxy) is 1. The average molecular weight is 281 g/mol. The Kier molecular flexibility index (Phi) is 3.97. The Bertz CT molecular complexity index is 419. The molecule has 1 fully saturated rings. The molecule has 1 aliphatic rings. The van der Waals surface area contributed by atoms with Crippen molar-refractivity contribution in [2.24, 2.45) is 5.92 Å². The van der Waals surface area contributed by atoms with Crippen LogP contribution >= 0.6 is 11.6 Å². The van der Waals surface area contributed by atoms with Crippen LogP contribution in [0.5, 0.6) is 5.88 Å². The van der Waals surface area contributed by atoms with Crippen LogP contribution < -0.4 is 10.1 Å². The van der Waals surface area contributed by atoms with Gasteiger partial charge in [0.2, 0.25) is 5.88 Å². The second-order valence-corrected chi connectivity index (χ2v) is 4.59. The summed E-state index contributed by atoms with van der Waals surface area (Å²) in [7, 11) is 0. The molecule has 0 bridgehead atoms. The lowest BCUT2D eigenvalue weighted by molar-refractivity contribution is -0.137. The molecule has 0 spiro atoms. The summed E-state index contributed by atoms with van der Waals surface area (Å²) in [6, 6.07) is 0.830. The fourth-order valence-electron chi connectivity index (χ4n) is 1.74. The van der Waals surface area contributed by atoms with E-state index in [1.165, 1.54) is 0 Å². The van der Waals surface area contributed by atoms with E-state index in [1.54, 1.807) is 0 Å². The number of aromatic nitrogens is 1.